The molecule has 0 aromatic heterocycles. The Morgan fingerprint density at radius 2 is 1.73 bits per heavy atom. The number of allylic oxidation sites excluding steroid dienone is 1. The van der Waals surface area contributed by atoms with E-state index in [1.165, 1.54) is 6.42 Å². The molecule has 4 fully saturated rings. The summed E-state index contributed by atoms with van der Waals surface area (Å²) < 4.78 is 13.8. The van der Waals surface area contributed by atoms with Crippen LogP contribution in [0.15, 0.2) is 11.6 Å². The molecule has 5 aliphatic rings. The number of hydrogen-bond donors (Lipinski definition) is 2. The largest absolute Gasteiger partial charge is 0.481 e. The van der Waals surface area contributed by atoms with Gasteiger partial charge in [-0.1, -0.05) is 94.7 Å². The SMILES string of the molecule is CCN[C@@](C)(CO[C@H]1[C@H](C)C[C@@]23COC[C@@]1(C)[C@@H]2CC[C@H]1C3=CC[C@@]2(C)[C@H](C(=O)O)[C@@](C)([C@H](C)C(C)C)CC[C@]12C)C(C)(C)C. The van der Waals surface area contributed by atoms with Gasteiger partial charge in [0.1, 0.15) is 0 Å². The second-order valence-corrected chi connectivity index (χ2v) is 19.4. The summed E-state index contributed by atoms with van der Waals surface area (Å²) in [6.45, 7) is 33.6. The molecule has 2 bridgehead atoms. The highest BCUT2D eigenvalue weighted by atomic mass is 16.5. The highest BCUT2D eigenvalue weighted by molar-refractivity contribution is 5.73. The van der Waals surface area contributed by atoms with Crippen LogP contribution in [0.5, 0.6) is 0 Å². The Morgan fingerprint density at radius 1 is 1.07 bits per heavy atom. The summed E-state index contributed by atoms with van der Waals surface area (Å²) in [6.07, 6.45) is 9.13. The van der Waals surface area contributed by atoms with Gasteiger partial charge >= 0.3 is 5.97 Å². The number of carbonyl (C=O) groups is 1. The summed E-state index contributed by atoms with van der Waals surface area (Å²) in [4.78, 5) is 13.4. The lowest BCUT2D eigenvalue weighted by molar-refractivity contribution is -0.254. The normalized spacial score (nSPS) is 46.7. The Labute approximate surface area is 276 Å². The first-order chi connectivity index (χ1) is 20.7. The molecule has 2 N–H and O–H groups in total. The van der Waals surface area contributed by atoms with Crippen molar-refractivity contribution in [2.75, 3.05) is 26.4 Å². The minimum Gasteiger partial charge on any atom is -0.481 e. The Morgan fingerprint density at radius 3 is 2.31 bits per heavy atom. The minimum absolute atomic E-state index is 0.0270. The maximum absolute atomic E-state index is 13.4. The molecular formula is C40H69NO4. The topological polar surface area (TPSA) is 67.8 Å². The van der Waals surface area contributed by atoms with Gasteiger partial charge in [-0.25, -0.2) is 0 Å². The first-order valence-electron chi connectivity index (χ1n) is 18.6. The number of nitrogens with one attached hydrogen (secondary N) is 1. The molecule has 5 nitrogen and oxygen atoms in total. The van der Waals surface area contributed by atoms with Gasteiger partial charge in [0.2, 0.25) is 0 Å². The molecule has 258 valence electrons. The first-order valence-corrected chi connectivity index (χ1v) is 18.6. The number of ether oxygens (including phenoxy) is 2. The molecule has 5 heteroatoms. The van der Waals surface area contributed by atoms with Gasteiger partial charge in [-0.3, -0.25) is 4.79 Å². The van der Waals surface area contributed by atoms with Crippen molar-refractivity contribution in [3.8, 4) is 0 Å². The van der Waals surface area contributed by atoms with Crippen molar-refractivity contribution >= 4 is 5.97 Å². The van der Waals surface area contributed by atoms with Crippen LogP contribution < -0.4 is 5.32 Å². The summed E-state index contributed by atoms with van der Waals surface area (Å²) in [5, 5.41) is 14.7. The first kappa shape index (κ1) is 35.4. The number of likely N-dealkylation sites (N-methyl/N-ethyl adjacent to an activating group) is 1. The van der Waals surface area contributed by atoms with Gasteiger partial charge in [0, 0.05) is 16.4 Å². The molecular weight excluding hydrogens is 558 g/mol. The average Bonchev–Trinajstić information content (AvgIpc) is 2.92. The van der Waals surface area contributed by atoms with E-state index < -0.39 is 5.97 Å². The zero-order valence-electron chi connectivity index (χ0n) is 31.4. The van der Waals surface area contributed by atoms with E-state index in [-0.39, 0.29) is 50.1 Å². The van der Waals surface area contributed by atoms with Gasteiger partial charge < -0.3 is 19.9 Å². The highest BCUT2D eigenvalue weighted by Gasteiger charge is 2.71. The van der Waals surface area contributed by atoms with E-state index >= 15 is 0 Å². The third-order valence-corrected chi connectivity index (χ3v) is 16.1. The van der Waals surface area contributed by atoms with Gasteiger partial charge in [-0.15, -0.1) is 0 Å². The second-order valence-electron chi connectivity index (χ2n) is 19.4. The van der Waals surface area contributed by atoms with E-state index in [9.17, 15) is 9.90 Å². The Kier molecular flexibility index (Phi) is 8.91. The molecule has 0 unspecified atom stereocenters. The van der Waals surface area contributed by atoms with Crippen molar-refractivity contribution in [1.82, 2.24) is 5.32 Å². The predicted octanol–water partition coefficient (Wildman–Crippen LogP) is 9.01. The molecule has 1 heterocycles. The van der Waals surface area contributed by atoms with Crippen molar-refractivity contribution in [2.45, 2.75) is 140 Å². The maximum atomic E-state index is 13.4. The van der Waals surface area contributed by atoms with Crippen LogP contribution >= 0.6 is 0 Å². The fourth-order valence-corrected chi connectivity index (χ4v) is 12.6. The molecule has 12 atom stereocenters. The summed E-state index contributed by atoms with van der Waals surface area (Å²) in [5.41, 5.74) is 1.04. The molecule has 0 radical (unpaired) electrons. The number of hydrogen-bond acceptors (Lipinski definition) is 4. The fourth-order valence-electron chi connectivity index (χ4n) is 12.6. The summed E-state index contributed by atoms with van der Waals surface area (Å²) in [5.74, 6) is 1.26. The molecule has 0 aromatic rings. The van der Waals surface area contributed by atoms with E-state index in [0.29, 0.717) is 36.2 Å². The number of carboxylic acid groups (broad SMARTS) is 1. The van der Waals surface area contributed by atoms with Gasteiger partial charge in [-0.2, -0.15) is 0 Å². The van der Waals surface area contributed by atoms with E-state index in [1.807, 2.05) is 0 Å². The number of rotatable bonds is 8. The molecule has 1 saturated heterocycles. The maximum Gasteiger partial charge on any atom is 0.307 e. The highest BCUT2D eigenvalue weighted by Crippen LogP contribution is 2.75. The van der Waals surface area contributed by atoms with Crippen molar-refractivity contribution < 1.29 is 19.4 Å². The van der Waals surface area contributed by atoms with E-state index in [2.05, 4.69) is 101 Å². The lowest BCUT2D eigenvalue weighted by atomic mass is 9.34. The molecule has 3 saturated carbocycles. The zero-order valence-corrected chi connectivity index (χ0v) is 31.4. The van der Waals surface area contributed by atoms with E-state index in [1.54, 1.807) is 5.57 Å². The Hall–Kier alpha value is -0.910. The summed E-state index contributed by atoms with van der Waals surface area (Å²) in [6, 6.07) is 0. The van der Waals surface area contributed by atoms with Crippen LogP contribution in [0.3, 0.4) is 0 Å². The molecule has 0 spiro atoms. The van der Waals surface area contributed by atoms with Crippen molar-refractivity contribution in [3.05, 3.63) is 11.6 Å². The number of carboxylic acids is 1. The summed E-state index contributed by atoms with van der Waals surface area (Å²) >= 11 is 0. The second kappa shape index (κ2) is 11.3. The molecule has 0 amide bonds. The van der Waals surface area contributed by atoms with Gasteiger partial charge in [0.05, 0.1) is 31.8 Å². The van der Waals surface area contributed by atoms with Crippen molar-refractivity contribution in [3.63, 3.8) is 0 Å². The van der Waals surface area contributed by atoms with Crippen LogP contribution in [0, 0.1) is 68.0 Å². The van der Waals surface area contributed by atoms with Crippen molar-refractivity contribution in [1.29, 1.82) is 0 Å². The van der Waals surface area contributed by atoms with Crippen molar-refractivity contribution in [2.24, 2.45) is 68.0 Å². The van der Waals surface area contributed by atoms with Gasteiger partial charge in [-0.05, 0) is 103 Å². The number of aliphatic carboxylic acids is 1. The third kappa shape index (κ3) is 4.88. The Bertz CT molecular complexity index is 1170. The quantitative estimate of drug-likeness (QED) is 0.263. The lowest BCUT2D eigenvalue weighted by Gasteiger charge is -2.71. The third-order valence-electron chi connectivity index (χ3n) is 16.1. The van der Waals surface area contributed by atoms with Gasteiger partial charge in [0.15, 0.2) is 0 Å². The smallest absolute Gasteiger partial charge is 0.307 e. The van der Waals surface area contributed by atoms with Crippen LogP contribution in [-0.2, 0) is 14.3 Å². The number of fused-ring (bicyclic) bond motifs is 3. The molecule has 0 aromatic carbocycles. The van der Waals surface area contributed by atoms with Crippen LogP contribution in [0.1, 0.15) is 129 Å². The monoisotopic (exact) mass is 628 g/mol. The van der Waals surface area contributed by atoms with Gasteiger partial charge in [0.25, 0.3) is 0 Å². The van der Waals surface area contributed by atoms with E-state index in [4.69, 9.17) is 9.47 Å². The standard InChI is InChI=1S/C40H69NO4/c1-14-41-39(13,34(6,7)8)23-45-32-26(4)21-40-24-44-22-36(32,10)30(40)16-15-28-29(40)17-18-38(12)31(33(42)43)35(9,27(5)25(2)3)19-20-37(28,38)11/h17,25-28,30-32,41H,14-16,18-24H2,1-13H3,(H,42,43)/t26-,27-,28+,30+,31-,32+,35-,36+,37-,38+,39+,40+/m1/s1. The Balaban J connectivity index is 1.51. The van der Waals surface area contributed by atoms with Crippen LogP contribution in [0.4, 0.5) is 0 Å². The minimum atomic E-state index is -0.582. The predicted molar refractivity (Wildman–Crippen MR) is 184 cm³/mol. The molecule has 1 aliphatic heterocycles. The average molecular weight is 628 g/mol. The fraction of sp³-hybridized carbons (Fsp3) is 0.925. The molecule has 45 heavy (non-hydrogen) atoms. The van der Waals surface area contributed by atoms with Crippen LogP contribution in [0.2, 0.25) is 0 Å². The zero-order chi connectivity index (χ0) is 33.6. The molecule has 4 aliphatic carbocycles. The summed E-state index contributed by atoms with van der Waals surface area (Å²) in [7, 11) is 0. The molecule has 5 rings (SSSR count). The lowest BCUT2D eigenvalue weighted by Crippen LogP contribution is -2.69. The van der Waals surface area contributed by atoms with Crippen LogP contribution in [0.25, 0.3) is 0 Å². The van der Waals surface area contributed by atoms with Crippen LogP contribution in [-0.4, -0.2) is 49.1 Å². The van der Waals surface area contributed by atoms with E-state index in [0.717, 1.165) is 51.9 Å².